The lowest BCUT2D eigenvalue weighted by molar-refractivity contribution is -0.137. The standard InChI is InChI=1S/C13H18BrF2NO2/c1-3-18-12(19-4-2)5-6-17-13-10(15)7-9(14)8-11(13)16/h7-8,12,17H,3-6H2,1-2H3. The van der Waals surface area contributed by atoms with Crippen LogP contribution in [0, 0.1) is 11.6 Å². The summed E-state index contributed by atoms with van der Waals surface area (Å²) < 4.78 is 38.1. The highest BCUT2D eigenvalue weighted by Gasteiger charge is 2.12. The van der Waals surface area contributed by atoms with E-state index in [9.17, 15) is 8.78 Å². The van der Waals surface area contributed by atoms with Crippen molar-refractivity contribution < 1.29 is 18.3 Å². The molecular formula is C13H18BrF2NO2. The minimum atomic E-state index is -0.628. The van der Waals surface area contributed by atoms with Crippen LogP contribution in [0.4, 0.5) is 14.5 Å². The fourth-order valence-electron chi connectivity index (χ4n) is 1.61. The molecule has 0 atom stereocenters. The van der Waals surface area contributed by atoms with E-state index in [1.54, 1.807) is 0 Å². The first-order valence-electron chi connectivity index (χ1n) is 6.20. The van der Waals surface area contributed by atoms with Crippen molar-refractivity contribution in [1.82, 2.24) is 0 Å². The fraction of sp³-hybridized carbons (Fsp3) is 0.538. The first kappa shape index (κ1) is 16.3. The van der Waals surface area contributed by atoms with Crippen molar-refractivity contribution in [3.8, 4) is 0 Å². The molecule has 0 radical (unpaired) electrons. The molecule has 19 heavy (non-hydrogen) atoms. The maximum atomic E-state index is 13.5. The van der Waals surface area contributed by atoms with Crippen molar-refractivity contribution in [2.45, 2.75) is 26.6 Å². The third-order valence-corrected chi connectivity index (χ3v) is 2.85. The Morgan fingerprint density at radius 2 is 1.68 bits per heavy atom. The molecule has 0 aliphatic carbocycles. The molecule has 1 aromatic carbocycles. The molecule has 0 saturated heterocycles. The van der Waals surface area contributed by atoms with Crippen LogP contribution in [0.1, 0.15) is 20.3 Å². The average Bonchev–Trinajstić information content (AvgIpc) is 2.32. The molecule has 0 unspecified atom stereocenters. The molecule has 108 valence electrons. The molecule has 3 nitrogen and oxygen atoms in total. The SMILES string of the molecule is CCOC(CCNc1c(F)cc(Br)cc1F)OCC. The van der Waals surface area contributed by atoms with Crippen LogP contribution in [-0.4, -0.2) is 26.0 Å². The van der Waals surface area contributed by atoms with Gasteiger partial charge in [-0.2, -0.15) is 0 Å². The Bertz CT molecular complexity index is 375. The number of benzene rings is 1. The van der Waals surface area contributed by atoms with Gasteiger partial charge in [-0.05, 0) is 26.0 Å². The van der Waals surface area contributed by atoms with Gasteiger partial charge in [0, 0.05) is 30.7 Å². The van der Waals surface area contributed by atoms with E-state index in [4.69, 9.17) is 9.47 Å². The second-order valence-electron chi connectivity index (χ2n) is 3.80. The minimum absolute atomic E-state index is 0.130. The third kappa shape index (κ3) is 5.42. The van der Waals surface area contributed by atoms with Gasteiger partial charge in [0.2, 0.25) is 0 Å². The van der Waals surface area contributed by atoms with Gasteiger partial charge in [0.1, 0.15) is 17.3 Å². The summed E-state index contributed by atoms with van der Waals surface area (Å²) in [5, 5.41) is 2.72. The highest BCUT2D eigenvalue weighted by Crippen LogP contribution is 2.23. The van der Waals surface area contributed by atoms with E-state index in [0.717, 1.165) is 0 Å². The van der Waals surface area contributed by atoms with E-state index in [-0.39, 0.29) is 12.0 Å². The van der Waals surface area contributed by atoms with E-state index in [1.807, 2.05) is 13.8 Å². The van der Waals surface area contributed by atoms with E-state index < -0.39 is 11.6 Å². The number of rotatable bonds is 8. The van der Waals surface area contributed by atoms with Gasteiger partial charge < -0.3 is 14.8 Å². The lowest BCUT2D eigenvalue weighted by Gasteiger charge is -2.17. The van der Waals surface area contributed by atoms with Crippen molar-refractivity contribution >= 4 is 21.6 Å². The zero-order valence-corrected chi connectivity index (χ0v) is 12.6. The summed E-state index contributed by atoms with van der Waals surface area (Å²) in [6.45, 7) is 5.17. The van der Waals surface area contributed by atoms with Gasteiger partial charge in [-0.3, -0.25) is 0 Å². The van der Waals surface area contributed by atoms with Gasteiger partial charge in [-0.1, -0.05) is 15.9 Å². The second kappa shape index (κ2) is 8.45. The Morgan fingerprint density at radius 1 is 1.16 bits per heavy atom. The summed E-state index contributed by atoms with van der Waals surface area (Å²) >= 11 is 3.03. The van der Waals surface area contributed by atoms with Gasteiger partial charge >= 0.3 is 0 Å². The molecule has 0 aromatic heterocycles. The summed E-state index contributed by atoms with van der Waals surface area (Å²) in [6.07, 6.45) is 0.153. The van der Waals surface area contributed by atoms with Gasteiger partial charge in [0.25, 0.3) is 0 Å². The van der Waals surface area contributed by atoms with Gasteiger partial charge in [0.05, 0.1) is 0 Å². The molecule has 0 bridgehead atoms. The normalized spacial score (nSPS) is 11.1. The minimum Gasteiger partial charge on any atom is -0.380 e. The van der Waals surface area contributed by atoms with Crippen LogP contribution in [0.25, 0.3) is 0 Å². The number of hydrogen-bond acceptors (Lipinski definition) is 3. The first-order valence-corrected chi connectivity index (χ1v) is 6.99. The summed E-state index contributed by atoms with van der Waals surface area (Å²) in [5.41, 5.74) is -0.130. The second-order valence-corrected chi connectivity index (χ2v) is 4.72. The van der Waals surface area contributed by atoms with Crippen LogP contribution in [0.2, 0.25) is 0 Å². The number of halogens is 3. The van der Waals surface area contributed by atoms with E-state index in [2.05, 4.69) is 21.2 Å². The van der Waals surface area contributed by atoms with Crippen molar-refractivity contribution in [1.29, 1.82) is 0 Å². The zero-order chi connectivity index (χ0) is 14.3. The number of anilines is 1. The molecule has 6 heteroatoms. The van der Waals surface area contributed by atoms with E-state index in [1.165, 1.54) is 12.1 Å². The third-order valence-electron chi connectivity index (χ3n) is 2.39. The van der Waals surface area contributed by atoms with E-state index in [0.29, 0.717) is 30.7 Å². The molecule has 0 amide bonds. The number of nitrogens with one attached hydrogen (secondary N) is 1. The first-order chi connectivity index (χ1) is 9.08. The fourth-order valence-corrected chi connectivity index (χ4v) is 2.01. The number of ether oxygens (including phenoxy) is 2. The highest BCUT2D eigenvalue weighted by molar-refractivity contribution is 9.10. The smallest absolute Gasteiger partial charge is 0.159 e. The van der Waals surface area contributed by atoms with Crippen LogP contribution in [0.5, 0.6) is 0 Å². The average molecular weight is 338 g/mol. The monoisotopic (exact) mass is 337 g/mol. The Balaban J connectivity index is 2.52. The van der Waals surface area contributed by atoms with Crippen molar-refractivity contribution in [3.63, 3.8) is 0 Å². The lowest BCUT2D eigenvalue weighted by Crippen LogP contribution is -2.21. The molecule has 0 fully saturated rings. The summed E-state index contributed by atoms with van der Waals surface area (Å²) in [4.78, 5) is 0. The van der Waals surface area contributed by atoms with Crippen molar-refractivity contribution in [2.75, 3.05) is 25.1 Å². The predicted molar refractivity (Wildman–Crippen MR) is 74.2 cm³/mol. The Hall–Kier alpha value is -0.720. The van der Waals surface area contributed by atoms with Gasteiger partial charge in [-0.25, -0.2) is 8.78 Å². The zero-order valence-electron chi connectivity index (χ0n) is 11.0. The Morgan fingerprint density at radius 3 is 2.16 bits per heavy atom. The van der Waals surface area contributed by atoms with Crippen LogP contribution < -0.4 is 5.32 Å². The molecule has 0 saturated carbocycles. The van der Waals surface area contributed by atoms with Gasteiger partial charge in [0.15, 0.2) is 6.29 Å². The molecule has 1 rings (SSSR count). The molecule has 1 N–H and O–H groups in total. The lowest BCUT2D eigenvalue weighted by atomic mass is 10.3. The largest absolute Gasteiger partial charge is 0.380 e. The van der Waals surface area contributed by atoms with Crippen molar-refractivity contribution in [3.05, 3.63) is 28.2 Å². The van der Waals surface area contributed by atoms with Crippen molar-refractivity contribution in [2.24, 2.45) is 0 Å². The topological polar surface area (TPSA) is 30.5 Å². The molecule has 1 aromatic rings. The maximum absolute atomic E-state index is 13.5. The van der Waals surface area contributed by atoms with Crippen LogP contribution in [-0.2, 0) is 9.47 Å². The summed E-state index contributed by atoms with van der Waals surface area (Å²) in [5.74, 6) is -1.26. The predicted octanol–water partition coefficient (Wildman–Crippen LogP) is 3.93. The van der Waals surface area contributed by atoms with E-state index >= 15 is 0 Å². The Kier molecular flexibility index (Phi) is 7.27. The van der Waals surface area contributed by atoms with Gasteiger partial charge in [-0.15, -0.1) is 0 Å². The summed E-state index contributed by atoms with van der Waals surface area (Å²) in [7, 11) is 0. The number of hydrogen-bond donors (Lipinski definition) is 1. The van der Waals surface area contributed by atoms with Crippen LogP contribution >= 0.6 is 15.9 Å². The molecular weight excluding hydrogens is 320 g/mol. The maximum Gasteiger partial charge on any atom is 0.159 e. The van der Waals surface area contributed by atoms with Crippen LogP contribution in [0.15, 0.2) is 16.6 Å². The molecule has 0 aliphatic rings. The highest BCUT2D eigenvalue weighted by atomic mass is 79.9. The Labute approximate surface area is 120 Å². The molecule has 0 spiro atoms. The quantitative estimate of drug-likeness (QED) is 0.729. The molecule has 0 aliphatic heterocycles. The van der Waals surface area contributed by atoms with Crippen LogP contribution in [0.3, 0.4) is 0 Å². The summed E-state index contributed by atoms with van der Waals surface area (Å²) in [6, 6.07) is 2.43. The molecule has 0 heterocycles.